The van der Waals surface area contributed by atoms with Crippen LogP contribution in [0.4, 0.5) is 0 Å². The molecule has 7 nitrogen and oxygen atoms in total. The van der Waals surface area contributed by atoms with Gasteiger partial charge < -0.3 is 9.47 Å². The fraction of sp³-hybridized carbons (Fsp3) is 0.348. The van der Waals surface area contributed by atoms with Gasteiger partial charge in [0.15, 0.2) is 12.2 Å². The molecule has 0 saturated carbocycles. The highest BCUT2D eigenvalue weighted by Gasteiger charge is 2.24. The highest BCUT2D eigenvalue weighted by molar-refractivity contribution is 5.95. The van der Waals surface area contributed by atoms with E-state index in [4.69, 9.17) is 9.47 Å². The quantitative estimate of drug-likeness (QED) is 0.562. The molecule has 2 amide bonds. The number of amides is 2. The maximum atomic E-state index is 12.2. The number of benzene rings is 2. The van der Waals surface area contributed by atoms with Crippen molar-refractivity contribution in [2.45, 2.75) is 52.2 Å². The van der Waals surface area contributed by atoms with Crippen LogP contribution in [0.15, 0.2) is 54.6 Å². The molecule has 0 fully saturated rings. The lowest BCUT2D eigenvalue weighted by Crippen LogP contribution is -2.47. The van der Waals surface area contributed by atoms with Crippen LogP contribution < -0.4 is 15.6 Å². The van der Waals surface area contributed by atoms with Crippen molar-refractivity contribution in [2.75, 3.05) is 0 Å². The lowest BCUT2D eigenvalue weighted by molar-refractivity contribution is -0.161. The van der Waals surface area contributed by atoms with Gasteiger partial charge in [-0.25, -0.2) is 4.79 Å². The molecule has 0 aliphatic heterocycles. The summed E-state index contributed by atoms with van der Waals surface area (Å²) in [6, 6.07) is 15.9. The molecule has 2 atom stereocenters. The predicted molar refractivity (Wildman–Crippen MR) is 113 cm³/mol. The molecule has 0 heterocycles. The summed E-state index contributed by atoms with van der Waals surface area (Å²) in [6.07, 6.45) is -2.01. The van der Waals surface area contributed by atoms with E-state index in [1.165, 1.54) is 6.92 Å². The number of ether oxygens (including phenoxy) is 2. The number of hydrazine groups is 1. The molecule has 0 aromatic heterocycles. The number of rotatable bonds is 6. The van der Waals surface area contributed by atoms with Gasteiger partial charge in [-0.3, -0.25) is 20.4 Å². The number of carbonyl (C=O) groups excluding carboxylic acids is 3. The van der Waals surface area contributed by atoms with Gasteiger partial charge in [0.1, 0.15) is 5.75 Å². The molecule has 0 aliphatic rings. The second kappa shape index (κ2) is 9.91. The van der Waals surface area contributed by atoms with Crippen molar-refractivity contribution in [2.24, 2.45) is 0 Å². The Hall–Kier alpha value is -3.35. The van der Waals surface area contributed by atoms with Crippen LogP contribution in [0.5, 0.6) is 5.75 Å². The van der Waals surface area contributed by atoms with Crippen LogP contribution >= 0.6 is 0 Å². The molecule has 0 saturated heterocycles. The summed E-state index contributed by atoms with van der Waals surface area (Å²) in [6.45, 7) is 9.28. The van der Waals surface area contributed by atoms with Gasteiger partial charge >= 0.3 is 5.97 Å². The number of esters is 1. The second-order valence-corrected chi connectivity index (χ2v) is 7.92. The summed E-state index contributed by atoms with van der Waals surface area (Å²) in [5.41, 5.74) is 6.07. The smallest absolute Gasteiger partial charge is 0.347 e. The highest BCUT2D eigenvalue weighted by Crippen LogP contribution is 2.24. The number of hydrogen-bond donors (Lipinski definition) is 2. The Balaban J connectivity index is 1.82. The van der Waals surface area contributed by atoms with E-state index >= 15 is 0 Å². The van der Waals surface area contributed by atoms with Crippen LogP contribution in [0.2, 0.25) is 0 Å². The summed E-state index contributed by atoms with van der Waals surface area (Å²) in [4.78, 5) is 36.3. The molecule has 7 heteroatoms. The molecule has 160 valence electrons. The molecule has 0 unspecified atom stereocenters. The van der Waals surface area contributed by atoms with Crippen LogP contribution in [0.1, 0.15) is 50.5 Å². The highest BCUT2D eigenvalue weighted by atomic mass is 16.6. The van der Waals surface area contributed by atoms with Crippen LogP contribution in [0.25, 0.3) is 0 Å². The summed E-state index contributed by atoms with van der Waals surface area (Å²) >= 11 is 0. The first kappa shape index (κ1) is 22.9. The fourth-order valence-corrected chi connectivity index (χ4v) is 2.49. The number of nitrogens with one attached hydrogen (secondary N) is 2. The zero-order valence-electron chi connectivity index (χ0n) is 17.9. The minimum absolute atomic E-state index is 0.0157. The molecule has 2 N–H and O–H groups in total. The molecule has 2 aromatic carbocycles. The minimum Gasteiger partial charge on any atom is -0.479 e. The SMILES string of the molecule is C[C@H](OC(=O)[C@H](C)Oc1ccc(C(C)(C)C)cc1)C(=O)NNC(=O)c1ccccc1. The van der Waals surface area contributed by atoms with E-state index < -0.39 is 30.0 Å². The van der Waals surface area contributed by atoms with E-state index in [1.807, 2.05) is 12.1 Å². The molecule has 0 aliphatic carbocycles. The van der Waals surface area contributed by atoms with Crippen LogP contribution in [-0.2, 0) is 19.7 Å². The lowest BCUT2D eigenvalue weighted by Gasteiger charge is -2.20. The van der Waals surface area contributed by atoms with E-state index in [-0.39, 0.29) is 5.41 Å². The van der Waals surface area contributed by atoms with Gasteiger partial charge in [-0.1, -0.05) is 51.1 Å². The summed E-state index contributed by atoms with van der Waals surface area (Å²) in [5.74, 6) is -1.29. The Bertz CT molecular complexity index is 873. The van der Waals surface area contributed by atoms with E-state index in [9.17, 15) is 14.4 Å². The third-order valence-electron chi connectivity index (χ3n) is 4.36. The van der Waals surface area contributed by atoms with Crippen LogP contribution in [0, 0.1) is 0 Å². The summed E-state index contributed by atoms with van der Waals surface area (Å²) in [5, 5.41) is 0. The standard InChI is InChI=1S/C23H28N2O5/c1-15(20(26)24-25-21(27)17-9-7-6-8-10-17)30-22(28)16(2)29-19-13-11-18(12-14-19)23(3,4)5/h6-16H,1-5H3,(H,24,26)(H,25,27)/t15-,16-/m0/s1. The molecule has 0 spiro atoms. The van der Waals surface area contributed by atoms with E-state index in [0.717, 1.165) is 5.56 Å². The third kappa shape index (κ3) is 6.62. The van der Waals surface area contributed by atoms with Crippen molar-refractivity contribution in [3.05, 3.63) is 65.7 Å². The summed E-state index contributed by atoms with van der Waals surface area (Å²) in [7, 11) is 0. The molecule has 2 rings (SSSR count). The molecular weight excluding hydrogens is 384 g/mol. The van der Waals surface area contributed by atoms with Crippen molar-refractivity contribution in [3.8, 4) is 5.75 Å². The summed E-state index contributed by atoms with van der Waals surface area (Å²) < 4.78 is 10.7. The van der Waals surface area contributed by atoms with Crippen LogP contribution in [0.3, 0.4) is 0 Å². The van der Waals surface area contributed by atoms with Crippen molar-refractivity contribution >= 4 is 17.8 Å². The van der Waals surface area contributed by atoms with Crippen molar-refractivity contribution < 1.29 is 23.9 Å². The Kier molecular flexibility index (Phi) is 7.58. The van der Waals surface area contributed by atoms with Gasteiger partial charge in [-0.2, -0.15) is 0 Å². The molecule has 30 heavy (non-hydrogen) atoms. The topological polar surface area (TPSA) is 93.7 Å². The second-order valence-electron chi connectivity index (χ2n) is 7.92. The third-order valence-corrected chi connectivity index (χ3v) is 4.36. The van der Waals surface area contributed by atoms with Crippen molar-refractivity contribution in [1.29, 1.82) is 0 Å². The molecule has 0 radical (unpaired) electrons. The maximum Gasteiger partial charge on any atom is 0.347 e. The first-order chi connectivity index (χ1) is 14.1. The lowest BCUT2D eigenvalue weighted by atomic mass is 9.87. The Morgan fingerprint density at radius 2 is 1.43 bits per heavy atom. The number of hydrogen-bond acceptors (Lipinski definition) is 5. The van der Waals surface area contributed by atoms with Gasteiger partial charge in [0.25, 0.3) is 11.8 Å². The minimum atomic E-state index is -1.11. The van der Waals surface area contributed by atoms with Crippen molar-refractivity contribution in [3.63, 3.8) is 0 Å². The largest absolute Gasteiger partial charge is 0.479 e. The van der Waals surface area contributed by atoms with Crippen LogP contribution in [-0.4, -0.2) is 30.0 Å². The van der Waals surface area contributed by atoms with E-state index in [0.29, 0.717) is 11.3 Å². The average Bonchev–Trinajstić information content (AvgIpc) is 2.71. The normalized spacial score (nSPS) is 13.0. The monoisotopic (exact) mass is 412 g/mol. The molecular formula is C23H28N2O5. The zero-order chi connectivity index (χ0) is 22.3. The van der Waals surface area contributed by atoms with E-state index in [2.05, 4.69) is 31.6 Å². The van der Waals surface area contributed by atoms with Gasteiger partial charge in [-0.15, -0.1) is 0 Å². The zero-order valence-corrected chi connectivity index (χ0v) is 17.9. The van der Waals surface area contributed by atoms with Gasteiger partial charge in [0.05, 0.1) is 0 Å². The first-order valence-corrected chi connectivity index (χ1v) is 9.71. The maximum absolute atomic E-state index is 12.2. The van der Waals surface area contributed by atoms with Gasteiger partial charge in [0, 0.05) is 5.56 Å². The molecule has 2 aromatic rings. The first-order valence-electron chi connectivity index (χ1n) is 9.71. The average molecular weight is 412 g/mol. The fourth-order valence-electron chi connectivity index (χ4n) is 2.49. The Morgan fingerprint density at radius 3 is 2.00 bits per heavy atom. The molecule has 0 bridgehead atoms. The van der Waals surface area contributed by atoms with E-state index in [1.54, 1.807) is 49.4 Å². The van der Waals surface area contributed by atoms with Gasteiger partial charge in [0.2, 0.25) is 0 Å². The number of carbonyl (C=O) groups is 3. The van der Waals surface area contributed by atoms with Crippen molar-refractivity contribution in [1.82, 2.24) is 10.9 Å². The van der Waals surface area contributed by atoms with Gasteiger partial charge in [-0.05, 0) is 49.1 Å². The predicted octanol–water partition coefficient (Wildman–Crippen LogP) is 3.14. The Labute approximate surface area is 176 Å². The Morgan fingerprint density at radius 1 is 0.833 bits per heavy atom.